The van der Waals surface area contributed by atoms with E-state index in [0.717, 1.165) is 17.5 Å². The molecule has 1 aliphatic rings. The van der Waals surface area contributed by atoms with Crippen LogP contribution in [0, 0.1) is 6.92 Å². The van der Waals surface area contributed by atoms with E-state index in [4.69, 9.17) is 14.2 Å². The summed E-state index contributed by atoms with van der Waals surface area (Å²) in [6, 6.07) is 11.3. The summed E-state index contributed by atoms with van der Waals surface area (Å²) in [6.45, 7) is 7.29. The van der Waals surface area contributed by atoms with Gasteiger partial charge in [0.2, 0.25) is 5.78 Å². The van der Waals surface area contributed by atoms with Crippen molar-refractivity contribution >= 4 is 17.8 Å². The highest BCUT2D eigenvalue weighted by molar-refractivity contribution is 6.15. The highest BCUT2D eigenvalue weighted by atomic mass is 16.6. The van der Waals surface area contributed by atoms with E-state index >= 15 is 0 Å². The van der Waals surface area contributed by atoms with Crippen molar-refractivity contribution in [1.29, 1.82) is 0 Å². The molecular formula is C23H22O5. The minimum Gasteiger partial charge on any atom is -0.482 e. The van der Waals surface area contributed by atoms with Crippen molar-refractivity contribution in [1.82, 2.24) is 0 Å². The lowest BCUT2D eigenvalue weighted by Crippen LogP contribution is -2.14. The highest BCUT2D eigenvalue weighted by Gasteiger charge is 2.30. The van der Waals surface area contributed by atoms with Crippen molar-refractivity contribution < 1.29 is 23.8 Å². The standard InChI is InChI=1S/C23H22O5/c1-4-10-26-21(24)14-27-18-11-15(3)22-19(13-18)28-20(23(22)25)12-17-8-6-16(5-2)7-9-17/h4,6-9,11-13H,1,5,10,14H2,2-3H3/b20-12-. The van der Waals surface area contributed by atoms with E-state index in [9.17, 15) is 9.59 Å². The van der Waals surface area contributed by atoms with Crippen LogP contribution in [0.1, 0.15) is 34.0 Å². The number of allylic oxidation sites excluding steroid dienone is 1. The normalized spacial score (nSPS) is 13.8. The van der Waals surface area contributed by atoms with Crippen LogP contribution in [0.25, 0.3) is 6.08 Å². The van der Waals surface area contributed by atoms with E-state index < -0.39 is 5.97 Å². The molecule has 5 nitrogen and oxygen atoms in total. The van der Waals surface area contributed by atoms with Crippen LogP contribution in [0.4, 0.5) is 0 Å². The number of carbonyl (C=O) groups excluding carboxylic acids is 2. The van der Waals surface area contributed by atoms with Crippen LogP contribution < -0.4 is 9.47 Å². The Balaban J connectivity index is 1.76. The summed E-state index contributed by atoms with van der Waals surface area (Å²) in [5.41, 5.74) is 3.36. The lowest BCUT2D eigenvalue weighted by molar-refractivity contribution is -0.144. The van der Waals surface area contributed by atoms with Gasteiger partial charge < -0.3 is 14.2 Å². The Hall–Kier alpha value is -3.34. The molecule has 0 saturated heterocycles. The molecule has 1 aliphatic heterocycles. The van der Waals surface area contributed by atoms with E-state index in [1.807, 2.05) is 31.2 Å². The Bertz CT molecular complexity index is 938. The minimum absolute atomic E-state index is 0.135. The Morgan fingerprint density at radius 2 is 1.96 bits per heavy atom. The Morgan fingerprint density at radius 1 is 1.21 bits per heavy atom. The van der Waals surface area contributed by atoms with Crippen LogP contribution in [0.5, 0.6) is 11.5 Å². The number of esters is 1. The highest BCUT2D eigenvalue weighted by Crippen LogP contribution is 2.37. The van der Waals surface area contributed by atoms with Gasteiger partial charge in [0.1, 0.15) is 18.1 Å². The van der Waals surface area contributed by atoms with Gasteiger partial charge in [-0.2, -0.15) is 0 Å². The molecule has 0 aromatic heterocycles. The fraction of sp³-hybridized carbons (Fsp3) is 0.217. The number of aryl methyl sites for hydroxylation is 2. The molecule has 28 heavy (non-hydrogen) atoms. The Kier molecular flexibility index (Phi) is 5.94. The van der Waals surface area contributed by atoms with Crippen LogP contribution in [-0.2, 0) is 16.0 Å². The number of ketones is 1. The Morgan fingerprint density at radius 3 is 2.64 bits per heavy atom. The molecule has 0 spiro atoms. The summed E-state index contributed by atoms with van der Waals surface area (Å²) in [7, 11) is 0. The number of hydrogen-bond acceptors (Lipinski definition) is 5. The molecule has 5 heteroatoms. The lowest BCUT2D eigenvalue weighted by atomic mass is 10.0. The predicted octanol–water partition coefficient (Wildman–Crippen LogP) is 4.28. The first kappa shape index (κ1) is 19.4. The van der Waals surface area contributed by atoms with Gasteiger partial charge in [0, 0.05) is 6.07 Å². The molecule has 0 atom stereocenters. The maximum absolute atomic E-state index is 12.7. The van der Waals surface area contributed by atoms with E-state index in [1.54, 1.807) is 18.2 Å². The number of fused-ring (bicyclic) bond motifs is 1. The minimum atomic E-state index is -0.494. The average molecular weight is 378 g/mol. The molecular weight excluding hydrogens is 356 g/mol. The van der Waals surface area contributed by atoms with Crippen LogP contribution in [0.3, 0.4) is 0 Å². The van der Waals surface area contributed by atoms with Gasteiger partial charge in [-0.15, -0.1) is 0 Å². The molecule has 0 N–H and O–H groups in total. The van der Waals surface area contributed by atoms with Gasteiger partial charge in [-0.3, -0.25) is 4.79 Å². The molecule has 1 heterocycles. The van der Waals surface area contributed by atoms with Gasteiger partial charge in [-0.25, -0.2) is 4.79 Å². The molecule has 144 valence electrons. The number of Topliss-reactive ketones (excluding diaryl/α,β-unsaturated/α-hetero) is 1. The molecule has 0 aliphatic carbocycles. The number of benzene rings is 2. The van der Waals surface area contributed by atoms with Crippen LogP contribution in [0.2, 0.25) is 0 Å². The average Bonchev–Trinajstić information content (AvgIpc) is 3.01. The zero-order valence-electron chi connectivity index (χ0n) is 16.0. The molecule has 0 amide bonds. The Labute approximate surface area is 164 Å². The first-order chi connectivity index (χ1) is 13.5. The fourth-order valence-corrected chi connectivity index (χ4v) is 2.90. The van der Waals surface area contributed by atoms with Gasteiger partial charge in [0.25, 0.3) is 0 Å². The van der Waals surface area contributed by atoms with Crippen molar-refractivity contribution in [3.8, 4) is 11.5 Å². The summed E-state index contributed by atoms with van der Waals surface area (Å²) >= 11 is 0. The van der Waals surface area contributed by atoms with Gasteiger partial charge >= 0.3 is 5.97 Å². The second kappa shape index (κ2) is 8.57. The third-order valence-electron chi connectivity index (χ3n) is 4.35. The summed E-state index contributed by atoms with van der Waals surface area (Å²) in [4.78, 5) is 24.3. The van der Waals surface area contributed by atoms with Gasteiger partial charge in [0.05, 0.1) is 5.56 Å². The summed E-state index contributed by atoms with van der Waals surface area (Å²) < 4.78 is 16.1. The maximum Gasteiger partial charge on any atom is 0.344 e. The van der Waals surface area contributed by atoms with Gasteiger partial charge in [-0.1, -0.05) is 43.8 Å². The van der Waals surface area contributed by atoms with Crippen molar-refractivity contribution in [2.45, 2.75) is 20.3 Å². The summed E-state index contributed by atoms with van der Waals surface area (Å²) in [5, 5.41) is 0. The van der Waals surface area contributed by atoms with Crippen LogP contribution >= 0.6 is 0 Å². The molecule has 0 radical (unpaired) electrons. The topological polar surface area (TPSA) is 61.8 Å². The van der Waals surface area contributed by atoms with E-state index in [2.05, 4.69) is 13.5 Å². The summed E-state index contributed by atoms with van der Waals surface area (Å²) in [6.07, 6.45) is 4.18. The lowest BCUT2D eigenvalue weighted by Gasteiger charge is -2.08. The fourth-order valence-electron chi connectivity index (χ4n) is 2.90. The molecule has 0 fully saturated rings. The zero-order valence-corrected chi connectivity index (χ0v) is 16.0. The second-order valence-electron chi connectivity index (χ2n) is 6.41. The predicted molar refractivity (Wildman–Crippen MR) is 107 cm³/mol. The number of hydrogen-bond donors (Lipinski definition) is 0. The van der Waals surface area contributed by atoms with Gasteiger partial charge in [-0.05, 0) is 42.2 Å². The van der Waals surface area contributed by atoms with E-state index in [1.165, 1.54) is 11.6 Å². The quantitative estimate of drug-likeness (QED) is 0.409. The van der Waals surface area contributed by atoms with Crippen LogP contribution in [-0.4, -0.2) is 25.0 Å². The van der Waals surface area contributed by atoms with E-state index in [-0.39, 0.29) is 24.8 Å². The smallest absolute Gasteiger partial charge is 0.344 e. The van der Waals surface area contributed by atoms with Crippen molar-refractivity contribution in [3.05, 3.63) is 77.1 Å². The molecule has 2 aromatic carbocycles. The second-order valence-corrected chi connectivity index (χ2v) is 6.41. The third kappa shape index (κ3) is 4.31. The molecule has 2 aromatic rings. The molecule has 0 bridgehead atoms. The SMILES string of the molecule is C=CCOC(=O)COc1cc(C)c2c(c1)O/C(=C\c1ccc(CC)cc1)C2=O. The van der Waals surface area contributed by atoms with Crippen molar-refractivity contribution in [3.63, 3.8) is 0 Å². The largest absolute Gasteiger partial charge is 0.482 e. The van der Waals surface area contributed by atoms with Crippen molar-refractivity contribution in [2.24, 2.45) is 0 Å². The summed E-state index contributed by atoms with van der Waals surface area (Å²) in [5.74, 6) is 0.476. The number of ether oxygens (including phenoxy) is 3. The molecule has 3 rings (SSSR count). The third-order valence-corrected chi connectivity index (χ3v) is 4.35. The van der Waals surface area contributed by atoms with E-state index in [0.29, 0.717) is 17.1 Å². The molecule has 0 saturated carbocycles. The number of carbonyl (C=O) groups is 2. The van der Waals surface area contributed by atoms with Crippen LogP contribution in [0.15, 0.2) is 54.8 Å². The maximum atomic E-state index is 12.7. The van der Waals surface area contributed by atoms with Gasteiger partial charge in [0.15, 0.2) is 12.4 Å². The monoisotopic (exact) mass is 378 g/mol. The number of rotatable bonds is 7. The first-order valence-electron chi connectivity index (χ1n) is 9.09. The van der Waals surface area contributed by atoms with Crippen molar-refractivity contribution in [2.75, 3.05) is 13.2 Å². The zero-order chi connectivity index (χ0) is 20.1. The molecule has 0 unspecified atom stereocenters. The first-order valence-corrected chi connectivity index (χ1v) is 9.09.